The molecule has 1 aromatic heterocycles. The standard InChI is InChI=1S/C9H11ClN2OS/c10-8-3-7(4-9(11)12-8)14-6-1-2-13-5-6/h3-4,6H,1-2,5H2,(H2,11,12)/t6-/m0/s1. The number of nitrogen functional groups attached to an aromatic ring is 1. The number of anilines is 1. The monoisotopic (exact) mass is 230 g/mol. The SMILES string of the molecule is Nc1cc(S[C@H]2CCOC2)cc(Cl)n1. The number of pyridine rings is 1. The van der Waals surface area contributed by atoms with Gasteiger partial charge in [0.1, 0.15) is 11.0 Å². The number of rotatable bonds is 2. The van der Waals surface area contributed by atoms with Gasteiger partial charge in [-0.05, 0) is 18.6 Å². The molecule has 0 unspecified atom stereocenters. The minimum Gasteiger partial charge on any atom is -0.384 e. The van der Waals surface area contributed by atoms with E-state index in [0.717, 1.165) is 24.5 Å². The molecule has 0 radical (unpaired) electrons. The largest absolute Gasteiger partial charge is 0.384 e. The van der Waals surface area contributed by atoms with Crippen molar-refractivity contribution in [2.24, 2.45) is 0 Å². The van der Waals surface area contributed by atoms with Crippen LogP contribution in [0.1, 0.15) is 6.42 Å². The number of hydrogen-bond acceptors (Lipinski definition) is 4. The van der Waals surface area contributed by atoms with Gasteiger partial charge in [0.2, 0.25) is 0 Å². The minimum atomic E-state index is 0.450. The van der Waals surface area contributed by atoms with Crippen LogP contribution < -0.4 is 5.73 Å². The molecule has 1 aliphatic heterocycles. The molecule has 0 spiro atoms. The van der Waals surface area contributed by atoms with Gasteiger partial charge in [0.05, 0.1) is 6.61 Å². The molecule has 2 N–H and O–H groups in total. The van der Waals surface area contributed by atoms with Gasteiger partial charge in [-0.15, -0.1) is 11.8 Å². The molecule has 76 valence electrons. The second-order valence-corrected chi connectivity index (χ2v) is 4.91. The van der Waals surface area contributed by atoms with E-state index in [-0.39, 0.29) is 0 Å². The number of hydrogen-bond donors (Lipinski definition) is 1. The van der Waals surface area contributed by atoms with E-state index in [1.165, 1.54) is 0 Å². The zero-order valence-electron chi connectivity index (χ0n) is 7.57. The summed E-state index contributed by atoms with van der Waals surface area (Å²) in [6.45, 7) is 1.66. The summed E-state index contributed by atoms with van der Waals surface area (Å²) in [7, 11) is 0. The molecule has 0 aliphatic carbocycles. The van der Waals surface area contributed by atoms with Gasteiger partial charge in [-0.25, -0.2) is 4.98 Å². The highest BCUT2D eigenvalue weighted by Crippen LogP contribution is 2.30. The van der Waals surface area contributed by atoms with Gasteiger partial charge >= 0.3 is 0 Å². The first-order chi connectivity index (χ1) is 6.74. The fraction of sp³-hybridized carbons (Fsp3) is 0.444. The van der Waals surface area contributed by atoms with E-state index in [1.54, 1.807) is 11.8 Å². The van der Waals surface area contributed by atoms with Gasteiger partial charge in [-0.2, -0.15) is 0 Å². The van der Waals surface area contributed by atoms with Crippen molar-refractivity contribution < 1.29 is 4.74 Å². The van der Waals surface area contributed by atoms with Crippen molar-refractivity contribution in [3.63, 3.8) is 0 Å². The Hall–Kier alpha value is -0.450. The summed E-state index contributed by atoms with van der Waals surface area (Å²) in [5.41, 5.74) is 5.59. The van der Waals surface area contributed by atoms with Crippen LogP contribution in [0.4, 0.5) is 5.82 Å². The number of nitrogens with two attached hydrogens (primary N) is 1. The van der Waals surface area contributed by atoms with Crippen LogP contribution in [0.15, 0.2) is 17.0 Å². The summed E-state index contributed by atoms with van der Waals surface area (Å²) in [4.78, 5) is 4.98. The smallest absolute Gasteiger partial charge is 0.132 e. The summed E-state index contributed by atoms with van der Waals surface area (Å²) < 4.78 is 5.29. The summed E-state index contributed by atoms with van der Waals surface area (Å²) >= 11 is 7.55. The highest BCUT2D eigenvalue weighted by Gasteiger charge is 2.17. The molecular weight excluding hydrogens is 220 g/mol. The van der Waals surface area contributed by atoms with Crippen molar-refractivity contribution in [3.8, 4) is 0 Å². The molecule has 14 heavy (non-hydrogen) atoms. The van der Waals surface area contributed by atoms with Crippen LogP contribution in [-0.4, -0.2) is 23.4 Å². The first kappa shape index (κ1) is 10.1. The molecule has 2 rings (SSSR count). The molecule has 1 atom stereocenters. The van der Waals surface area contributed by atoms with Crippen LogP contribution in [0.5, 0.6) is 0 Å². The van der Waals surface area contributed by atoms with E-state index in [1.807, 2.05) is 12.1 Å². The number of thioether (sulfide) groups is 1. The second kappa shape index (κ2) is 4.38. The number of nitrogens with zero attached hydrogens (tertiary/aromatic N) is 1. The zero-order valence-corrected chi connectivity index (χ0v) is 9.14. The first-order valence-corrected chi connectivity index (χ1v) is 5.67. The lowest BCUT2D eigenvalue weighted by atomic mass is 10.4. The quantitative estimate of drug-likeness (QED) is 0.792. The van der Waals surface area contributed by atoms with Crippen LogP contribution in [0.2, 0.25) is 5.15 Å². The van der Waals surface area contributed by atoms with Crippen LogP contribution in [0.25, 0.3) is 0 Å². The fourth-order valence-corrected chi connectivity index (χ4v) is 2.77. The van der Waals surface area contributed by atoms with Crippen molar-refractivity contribution in [1.82, 2.24) is 4.98 Å². The number of ether oxygens (including phenoxy) is 1. The van der Waals surface area contributed by atoms with Gasteiger partial charge < -0.3 is 10.5 Å². The second-order valence-electron chi connectivity index (χ2n) is 3.15. The van der Waals surface area contributed by atoms with Crippen LogP contribution in [0.3, 0.4) is 0 Å². The average molecular weight is 231 g/mol. The Morgan fingerprint density at radius 2 is 2.43 bits per heavy atom. The van der Waals surface area contributed by atoms with Crippen molar-refractivity contribution in [1.29, 1.82) is 0 Å². The Bertz CT molecular complexity index is 308. The van der Waals surface area contributed by atoms with E-state index in [4.69, 9.17) is 22.1 Å². The molecule has 0 saturated carbocycles. The molecule has 0 aromatic carbocycles. The predicted octanol–water partition coefficient (Wildman–Crippen LogP) is 2.20. The van der Waals surface area contributed by atoms with Gasteiger partial charge in [-0.1, -0.05) is 11.6 Å². The van der Waals surface area contributed by atoms with Crippen LogP contribution >= 0.6 is 23.4 Å². The Morgan fingerprint density at radius 1 is 1.57 bits per heavy atom. The van der Waals surface area contributed by atoms with Crippen molar-refractivity contribution in [3.05, 3.63) is 17.3 Å². The highest BCUT2D eigenvalue weighted by atomic mass is 35.5. The lowest BCUT2D eigenvalue weighted by molar-refractivity contribution is 0.199. The molecule has 5 heteroatoms. The molecule has 1 aromatic rings. The third kappa shape index (κ3) is 2.53. The summed E-state index contributed by atoms with van der Waals surface area (Å²) in [5.74, 6) is 0.471. The predicted molar refractivity (Wildman–Crippen MR) is 58.7 cm³/mol. The van der Waals surface area contributed by atoms with Crippen molar-refractivity contribution in [2.75, 3.05) is 18.9 Å². The summed E-state index contributed by atoms with van der Waals surface area (Å²) in [6, 6.07) is 3.68. The first-order valence-electron chi connectivity index (χ1n) is 4.41. The molecule has 1 fully saturated rings. The molecule has 0 bridgehead atoms. The Balaban J connectivity index is 2.07. The lowest BCUT2D eigenvalue weighted by Crippen LogP contribution is -2.00. The molecular formula is C9H11ClN2OS. The van der Waals surface area contributed by atoms with Crippen molar-refractivity contribution in [2.45, 2.75) is 16.6 Å². The van der Waals surface area contributed by atoms with Crippen LogP contribution in [0, 0.1) is 0 Å². The van der Waals surface area contributed by atoms with E-state index in [9.17, 15) is 0 Å². The van der Waals surface area contributed by atoms with E-state index in [0.29, 0.717) is 16.2 Å². The minimum absolute atomic E-state index is 0.450. The number of halogens is 1. The Labute approximate surface area is 92.0 Å². The molecule has 2 heterocycles. The topological polar surface area (TPSA) is 48.1 Å². The maximum atomic E-state index is 5.80. The van der Waals surface area contributed by atoms with Gasteiger partial charge in [0.15, 0.2) is 0 Å². The third-order valence-electron chi connectivity index (χ3n) is 1.98. The maximum absolute atomic E-state index is 5.80. The van der Waals surface area contributed by atoms with E-state index >= 15 is 0 Å². The normalized spacial score (nSPS) is 21.4. The lowest BCUT2D eigenvalue weighted by Gasteiger charge is -2.07. The maximum Gasteiger partial charge on any atom is 0.132 e. The van der Waals surface area contributed by atoms with E-state index < -0.39 is 0 Å². The Morgan fingerprint density at radius 3 is 3.07 bits per heavy atom. The number of aromatic nitrogens is 1. The third-order valence-corrected chi connectivity index (χ3v) is 3.38. The fourth-order valence-electron chi connectivity index (χ4n) is 1.36. The molecule has 1 aliphatic rings. The molecule has 0 amide bonds. The van der Waals surface area contributed by atoms with Crippen molar-refractivity contribution >= 4 is 29.2 Å². The van der Waals surface area contributed by atoms with Gasteiger partial charge in [0.25, 0.3) is 0 Å². The van der Waals surface area contributed by atoms with Gasteiger partial charge in [-0.3, -0.25) is 0 Å². The zero-order chi connectivity index (χ0) is 9.97. The van der Waals surface area contributed by atoms with Gasteiger partial charge in [0, 0.05) is 16.8 Å². The van der Waals surface area contributed by atoms with Crippen LogP contribution in [-0.2, 0) is 4.74 Å². The molecule has 1 saturated heterocycles. The highest BCUT2D eigenvalue weighted by molar-refractivity contribution is 8.00. The average Bonchev–Trinajstić information content (AvgIpc) is 2.54. The Kier molecular flexibility index (Phi) is 3.15. The summed E-state index contributed by atoms with van der Waals surface area (Å²) in [5, 5.41) is 0.972. The summed E-state index contributed by atoms with van der Waals surface area (Å²) in [6.07, 6.45) is 1.09. The van der Waals surface area contributed by atoms with E-state index in [2.05, 4.69) is 4.98 Å². The molecule has 3 nitrogen and oxygen atoms in total.